The first-order chi connectivity index (χ1) is 15.0. The van der Waals surface area contributed by atoms with Crippen LogP contribution in [0, 0.1) is 6.92 Å². The van der Waals surface area contributed by atoms with Gasteiger partial charge in [-0.25, -0.2) is 15.1 Å². The maximum absolute atomic E-state index is 12.0. The Balaban J connectivity index is 1.64. The lowest BCUT2D eigenvalue weighted by atomic mass is 10.1. The van der Waals surface area contributed by atoms with Crippen LogP contribution in [0.5, 0.6) is 11.5 Å². The maximum Gasteiger partial charge on any atom is 0.369 e. The molecule has 0 fully saturated rings. The van der Waals surface area contributed by atoms with Gasteiger partial charge < -0.3 is 19.0 Å². The average Bonchev–Trinajstić information content (AvgIpc) is 3.27. The molecule has 0 amide bonds. The molecule has 0 bridgehead atoms. The Morgan fingerprint density at radius 1 is 1.06 bits per heavy atom. The molecular weight excluding hydrogens is 404 g/mol. The number of hydrogen-bond donors (Lipinski definition) is 2. The summed E-state index contributed by atoms with van der Waals surface area (Å²) in [5.74, 6) is -0.545. The third-order valence-electron chi connectivity index (χ3n) is 4.13. The number of esters is 1. The Hall–Kier alpha value is -4.08. The minimum absolute atomic E-state index is 0.0586. The number of hydrogen-bond acceptors (Lipinski definition) is 9. The number of carbonyl (C=O) groups excluding carboxylic acids is 2. The van der Waals surface area contributed by atoms with Crippen molar-refractivity contribution in [1.29, 1.82) is 0 Å². The van der Waals surface area contributed by atoms with Gasteiger partial charge in [0, 0.05) is 5.56 Å². The summed E-state index contributed by atoms with van der Waals surface area (Å²) in [5, 5.41) is 10.3. The molecule has 3 aromatic rings. The molecule has 0 saturated heterocycles. The SMILES string of the molecule is CCOC(=O)c1n[nH]nc1-c1ccc(OCC(=O)ONc2ccc(C)cc2)c(OC)c1. The number of H-pyrrole nitrogens is 1. The molecule has 1 heterocycles. The standard InChI is InChI=1S/C21H22N4O6/c1-4-29-21(27)20-19(22-25-23-20)14-7-10-16(17(11-14)28-3)30-12-18(26)31-24-15-8-5-13(2)6-9-15/h5-11,24H,4,12H2,1-3H3,(H,22,23,25). The fourth-order valence-electron chi connectivity index (χ4n) is 2.61. The molecule has 0 aliphatic heterocycles. The van der Waals surface area contributed by atoms with E-state index in [0.717, 1.165) is 5.56 Å². The van der Waals surface area contributed by atoms with Crippen molar-refractivity contribution in [2.75, 3.05) is 25.8 Å². The highest BCUT2D eigenvalue weighted by molar-refractivity contribution is 5.94. The summed E-state index contributed by atoms with van der Waals surface area (Å²) >= 11 is 0. The topological polar surface area (TPSA) is 125 Å². The van der Waals surface area contributed by atoms with E-state index >= 15 is 0 Å². The van der Waals surface area contributed by atoms with Crippen LogP contribution in [0.15, 0.2) is 42.5 Å². The van der Waals surface area contributed by atoms with Gasteiger partial charge in [-0.1, -0.05) is 17.7 Å². The second-order valence-electron chi connectivity index (χ2n) is 6.34. The Morgan fingerprint density at radius 3 is 2.55 bits per heavy atom. The van der Waals surface area contributed by atoms with Gasteiger partial charge in [0.25, 0.3) is 0 Å². The molecule has 2 N–H and O–H groups in total. The zero-order valence-electron chi connectivity index (χ0n) is 17.3. The zero-order valence-corrected chi connectivity index (χ0v) is 17.3. The van der Waals surface area contributed by atoms with E-state index in [2.05, 4.69) is 20.9 Å². The van der Waals surface area contributed by atoms with E-state index in [4.69, 9.17) is 19.0 Å². The highest BCUT2D eigenvalue weighted by atomic mass is 16.7. The molecule has 1 aromatic heterocycles. The van der Waals surface area contributed by atoms with Crippen LogP contribution in [-0.2, 0) is 14.4 Å². The summed E-state index contributed by atoms with van der Waals surface area (Å²) in [6, 6.07) is 12.2. The molecule has 0 aliphatic carbocycles. The van der Waals surface area contributed by atoms with Gasteiger partial charge in [-0.15, -0.1) is 5.10 Å². The van der Waals surface area contributed by atoms with Crippen molar-refractivity contribution in [2.24, 2.45) is 0 Å². The quantitative estimate of drug-likeness (QED) is 0.392. The highest BCUT2D eigenvalue weighted by Crippen LogP contribution is 2.32. The number of anilines is 1. The molecule has 0 aliphatic rings. The number of aromatic amines is 1. The number of nitrogens with zero attached hydrogens (tertiary/aromatic N) is 2. The number of rotatable bonds is 9. The summed E-state index contributed by atoms with van der Waals surface area (Å²) in [6.45, 7) is 3.54. The highest BCUT2D eigenvalue weighted by Gasteiger charge is 2.20. The Morgan fingerprint density at radius 2 is 1.84 bits per heavy atom. The number of benzene rings is 2. The predicted molar refractivity (Wildman–Crippen MR) is 111 cm³/mol. The normalized spacial score (nSPS) is 10.3. The van der Waals surface area contributed by atoms with Crippen LogP contribution in [0.2, 0.25) is 0 Å². The largest absolute Gasteiger partial charge is 0.493 e. The van der Waals surface area contributed by atoms with Gasteiger partial charge in [0.1, 0.15) is 5.69 Å². The number of methoxy groups -OCH3 is 1. The van der Waals surface area contributed by atoms with E-state index in [9.17, 15) is 9.59 Å². The third-order valence-corrected chi connectivity index (χ3v) is 4.13. The van der Waals surface area contributed by atoms with Crippen LogP contribution in [0.1, 0.15) is 23.0 Å². The van der Waals surface area contributed by atoms with Crippen LogP contribution < -0.4 is 15.0 Å². The summed E-state index contributed by atoms with van der Waals surface area (Å²) in [6.07, 6.45) is 0. The average molecular weight is 426 g/mol. The monoisotopic (exact) mass is 426 g/mol. The molecule has 0 radical (unpaired) electrons. The minimum atomic E-state index is -0.618. The molecule has 0 unspecified atom stereocenters. The number of carbonyl (C=O) groups is 2. The van der Waals surface area contributed by atoms with Crippen molar-refractivity contribution in [3.8, 4) is 22.8 Å². The fourth-order valence-corrected chi connectivity index (χ4v) is 2.61. The van der Waals surface area contributed by atoms with Crippen LogP contribution in [-0.4, -0.2) is 47.7 Å². The van der Waals surface area contributed by atoms with E-state index in [0.29, 0.717) is 28.4 Å². The van der Waals surface area contributed by atoms with Gasteiger partial charge in [-0.05, 0) is 44.2 Å². The van der Waals surface area contributed by atoms with Gasteiger partial charge >= 0.3 is 11.9 Å². The number of aromatic nitrogens is 3. The lowest BCUT2D eigenvalue weighted by Crippen LogP contribution is -2.18. The minimum Gasteiger partial charge on any atom is -0.493 e. The molecule has 0 atom stereocenters. The lowest BCUT2D eigenvalue weighted by molar-refractivity contribution is -0.143. The summed E-state index contributed by atoms with van der Waals surface area (Å²) in [4.78, 5) is 29.0. The number of nitrogens with one attached hydrogen (secondary N) is 2. The van der Waals surface area contributed by atoms with Crippen molar-refractivity contribution in [3.63, 3.8) is 0 Å². The molecule has 10 nitrogen and oxygen atoms in total. The van der Waals surface area contributed by atoms with Crippen molar-refractivity contribution in [2.45, 2.75) is 13.8 Å². The van der Waals surface area contributed by atoms with E-state index < -0.39 is 11.9 Å². The molecule has 10 heteroatoms. The Bertz CT molecular complexity index is 1050. The van der Waals surface area contributed by atoms with Crippen molar-refractivity contribution >= 4 is 17.6 Å². The molecular formula is C21H22N4O6. The first kappa shape index (κ1) is 21.6. The van der Waals surface area contributed by atoms with E-state index in [1.807, 2.05) is 19.1 Å². The van der Waals surface area contributed by atoms with Crippen LogP contribution >= 0.6 is 0 Å². The second-order valence-corrected chi connectivity index (χ2v) is 6.34. The first-order valence-electron chi connectivity index (χ1n) is 9.43. The molecule has 3 rings (SSSR count). The lowest BCUT2D eigenvalue weighted by Gasteiger charge is -2.12. The van der Waals surface area contributed by atoms with Gasteiger partial charge in [-0.2, -0.15) is 10.3 Å². The molecule has 2 aromatic carbocycles. The molecule has 162 valence electrons. The van der Waals surface area contributed by atoms with Gasteiger partial charge in [0.15, 0.2) is 23.8 Å². The smallest absolute Gasteiger partial charge is 0.369 e. The Kier molecular flexibility index (Phi) is 7.05. The van der Waals surface area contributed by atoms with E-state index in [1.165, 1.54) is 7.11 Å². The predicted octanol–water partition coefficient (Wildman–Crippen LogP) is 2.91. The van der Waals surface area contributed by atoms with E-state index in [-0.39, 0.29) is 18.9 Å². The van der Waals surface area contributed by atoms with E-state index in [1.54, 1.807) is 37.3 Å². The third kappa shape index (κ3) is 5.50. The van der Waals surface area contributed by atoms with Crippen LogP contribution in [0.25, 0.3) is 11.3 Å². The van der Waals surface area contributed by atoms with Gasteiger partial charge in [0.05, 0.1) is 19.4 Å². The maximum atomic E-state index is 12.0. The summed E-state index contributed by atoms with van der Waals surface area (Å²) < 4.78 is 15.8. The summed E-state index contributed by atoms with van der Waals surface area (Å²) in [7, 11) is 1.46. The zero-order chi connectivity index (χ0) is 22.2. The van der Waals surface area contributed by atoms with Gasteiger partial charge in [0.2, 0.25) is 0 Å². The molecule has 31 heavy (non-hydrogen) atoms. The fraction of sp³-hybridized carbons (Fsp3) is 0.238. The van der Waals surface area contributed by atoms with Gasteiger partial charge in [-0.3, -0.25) is 0 Å². The summed E-state index contributed by atoms with van der Waals surface area (Å²) in [5.41, 5.74) is 5.23. The molecule has 0 saturated carbocycles. The number of ether oxygens (including phenoxy) is 3. The Labute approximate surface area is 178 Å². The second kappa shape index (κ2) is 10.1. The first-order valence-corrected chi connectivity index (χ1v) is 9.43. The number of aryl methyl sites for hydroxylation is 1. The van der Waals surface area contributed by atoms with Crippen LogP contribution in [0.4, 0.5) is 5.69 Å². The van der Waals surface area contributed by atoms with Crippen LogP contribution in [0.3, 0.4) is 0 Å². The van der Waals surface area contributed by atoms with Crippen molar-refractivity contribution < 1.29 is 28.6 Å². The van der Waals surface area contributed by atoms with Crippen molar-refractivity contribution in [1.82, 2.24) is 15.4 Å². The van der Waals surface area contributed by atoms with Crippen molar-refractivity contribution in [3.05, 3.63) is 53.7 Å². The molecule has 0 spiro atoms.